The molecule has 0 fully saturated rings. The van der Waals surface area contributed by atoms with E-state index in [0.717, 1.165) is 5.56 Å². The molecule has 1 atom stereocenters. The maximum absolute atomic E-state index is 11.4. The van der Waals surface area contributed by atoms with E-state index in [1.807, 2.05) is 37.4 Å². The van der Waals surface area contributed by atoms with Crippen LogP contribution in [0.25, 0.3) is 0 Å². The van der Waals surface area contributed by atoms with Crippen LogP contribution in [-0.4, -0.2) is 17.9 Å². The monoisotopic (exact) mass is 251 g/mol. The van der Waals surface area contributed by atoms with E-state index < -0.39 is 0 Å². The van der Waals surface area contributed by atoms with Crippen LogP contribution in [0.4, 0.5) is 0 Å². The first-order valence-corrected chi connectivity index (χ1v) is 6.68. The number of rotatable bonds is 5. The summed E-state index contributed by atoms with van der Waals surface area (Å²) < 4.78 is 0. The van der Waals surface area contributed by atoms with Crippen molar-refractivity contribution in [2.45, 2.75) is 31.2 Å². The van der Waals surface area contributed by atoms with Crippen molar-refractivity contribution in [1.82, 2.24) is 5.32 Å². The minimum absolute atomic E-state index is 0.0484. The fourth-order valence-electron chi connectivity index (χ4n) is 1.49. The predicted molar refractivity (Wildman–Crippen MR) is 70.1 cm³/mol. The first-order chi connectivity index (χ1) is 8.02. The molecule has 0 bridgehead atoms. The van der Waals surface area contributed by atoms with Crippen molar-refractivity contribution in [3.05, 3.63) is 29.8 Å². The number of amides is 1. The highest BCUT2D eigenvalue weighted by Crippen LogP contribution is 2.18. The number of Topliss-reactive ketones (excluding diaryl/α,β-unsaturated/α-hetero) is 1. The topological polar surface area (TPSA) is 46.2 Å². The second-order valence-electron chi connectivity index (χ2n) is 3.94. The highest BCUT2D eigenvalue weighted by molar-refractivity contribution is 7.98. The van der Waals surface area contributed by atoms with Crippen molar-refractivity contribution in [1.29, 1.82) is 0 Å². The summed E-state index contributed by atoms with van der Waals surface area (Å²) in [5.74, 6) is -0.341. The van der Waals surface area contributed by atoms with E-state index in [1.165, 1.54) is 11.8 Å². The zero-order chi connectivity index (χ0) is 12.8. The third-order valence-corrected chi connectivity index (χ3v) is 3.15. The lowest BCUT2D eigenvalue weighted by Crippen LogP contribution is -2.27. The number of hydrogen-bond donors (Lipinski definition) is 1. The van der Waals surface area contributed by atoms with Crippen LogP contribution in [0, 0.1) is 0 Å². The molecule has 1 aromatic rings. The van der Waals surface area contributed by atoms with Crippen LogP contribution in [-0.2, 0) is 9.59 Å². The molecule has 1 rings (SSSR count). The number of nitrogens with one attached hydrogen (secondary N) is 1. The summed E-state index contributed by atoms with van der Waals surface area (Å²) in [4.78, 5) is 23.4. The summed E-state index contributed by atoms with van der Waals surface area (Å²) in [6.45, 7) is 3.32. The minimum Gasteiger partial charge on any atom is -0.349 e. The molecule has 1 N–H and O–H groups in total. The summed E-state index contributed by atoms with van der Waals surface area (Å²) in [5, 5.41) is 2.80. The number of hydrogen-bond acceptors (Lipinski definition) is 3. The molecule has 1 unspecified atom stereocenters. The average Bonchev–Trinajstić information content (AvgIpc) is 2.28. The third-order valence-electron chi connectivity index (χ3n) is 2.40. The molecule has 0 aliphatic heterocycles. The number of carbonyl (C=O) groups is 2. The molecular formula is C13H17NO2S. The van der Waals surface area contributed by atoms with Gasteiger partial charge in [0.15, 0.2) is 0 Å². The average molecular weight is 251 g/mol. The van der Waals surface area contributed by atoms with Gasteiger partial charge in [0.1, 0.15) is 5.78 Å². The largest absolute Gasteiger partial charge is 0.349 e. The highest BCUT2D eigenvalue weighted by atomic mass is 32.2. The van der Waals surface area contributed by atoms with Gasteiger partial charge in [0.2, 0.25) is 5.91 Å². The van der Waals surface area contributed by atoms with Gasteiger partial charge in [0, 0.05) is 4.90 Å². The number of ketones is 1. The van der Waals surface area contributed by atoms with Crippen LogP contribution < -0.4 is 5.32 Å². The lowest BCUT2D eigenvalue weighted by atomic mass is 10.1. The second-order valence-corrected chi connectivity index (χ2v) is 4.82. The van der Waals surface area contributed by atoms with Crippen LogP contribution >= 0.6 is 11.8 Å². The van der Waals surface area contributed by atoms with Crippen LogP contribution in [0.5, 0.6) is 0 Å². The van der Waals surface area contributed by atoms with E-state index in [4.69, 9.17) is 0 Å². The summed E-state index contributed by atoms with van der Waals surface area (Å²) in [6, 6.07) is 7.95. The van der Waals surface area contributed by atoms with Crippen molar-refractivity contribution in [2.24, 2.45) is 0 Å². The van der Waals surface area contributed by atoms with Crippen molar-refractivity contribution in [2.75, 3.05) is 6.26 Å². The minimum atomic E-state index is -0.223. The molecule has 3 nitrogen and oxygen atoms in total. The van der Waals surface area contributed by atoms with Crippen molar-refractivity contribution in [3.8, 4) is 0 Å². The van der Waals surface area contributed by atoms with Crippen LogP contribution in [0.2, 0.25) is 0 Å². The summed E-state index contributed by atoms with van der Waals surface area (Å²) in [6.07, 6.45) is 1.97. The van der Waals surface area contributed by atoms with E-state index in [9.17, 15) is 9.59 Å². The Morgan fingerprint density at radius 2 is 1.88 bits per heavy atom. The first-order valence-electron chi connectivity index (χ1n) is 5.45. The Balaban J connectivity index is 2.59. The Hall–Kier alpha value is -1.29. The Bertz CT molecular complexity index is 400. The maximum Gasteiger partial charge on any atom is 0.227 e. The van der Waals surface area contributed by atoms with Crippen molar-refractivity contribution >= 4 is 23.5 Å². The lowest BCUT2D eigenvalue weighted by Gasteiger charge is -2.14. The van der Waals surface area contributed by atoms with Crippen LogP contribution in [0.15, 0.2) is 29.2 Å². The molecule has 92 valence electrons. The van der Waals surface area contributed by atoms with E-state index >= 15 is 0 Å². The molecule has 0 saturated heterocycles. The van der Waals surface area contributed by atoms with E-state index in [0.29, 0.717) is 0 Å². The van der Waals surface area contributed by atoms with Gasteiger partial charge in [-0.2, -0.15) is 0 Å². The van der Waals surface area contributed by atoms with E-state index in [2.05, 4.69) is 5.32 Å². The fraction of sp³-hybridized carbons (Fsp3) is 0.385. The number of thioether (sulfide) groups is 1. The van der Waals surface area contributed by atoms with E-state index in [1.54, 1.807) is 11.8 Å². The highest BCUT2D eigenvalue weighted by Gasteiger charge is 2.10. The molecule has 0 spiro atoms. The number of benzene rings is 1. The molecule has 0 heterocycles. The fourth-order valence-corrected chi connectivity index (χ4v) is 1.90. The quantitative estimate of drug-likeness (QED) is 0.646. The Morgan fingerprint density at radius 1 is 1.29 bits per heavy atom. The normalized spacial score (nSPS) is 11.9. The molecule has 17 heavy (non-hydrogen) atoms. The van der Waals surface area contributed by atoms with Gasteiger partial charge in [-0.25, -0.2) is 0 Å². The van der Waals surface area contributed by atoms with Gasteiger partial charge in [-0.15, -0.1) is 11.8 Å². The SMILES string of the molecule is CSc1ccc(C(C)NC(=O)CC(C)=O)cc1. The van der Waals surface area contributed by atoms with Crippen LogP contribution in [0.1, 0.15) is 31.9 Å². The molecular weight excluding hydrogens is 234 g/mol. The van der Waals surface area contributed by atoms with Gasteiger partial charge < -0.3 is 5.32 Å². The third kappa shape index (κ3) is 4.61. The van der Waals surface area contributed by atoms with Crippen molar-refractivity contribution in [3.63, 3.8) is 0 Å². The lowest BCUT2D eigenvalue weighted by molar-refractivity contribution is -0.127. The van der Waals surface area contributed by atoms with E-state index in [-0.39, 0.29) is 24.2 Å². The second kappa shape index (κ2) is 6.45. The van der Waals surface area contributed by atoms with Gasteiger partial charge in [0.25, 0.3) is 0 Å². The summed E-state index contributed by atoms with van der Waals surface area (Å²) in [5.41, 5.74) is 1.04. The molecule has 0 aliphatic rings. The maximum atomic E-state index is 11.4. The van der Waals surface area contributed by atoms with Crippen molar-refractivity contribution < 1.29 is 9.59 Å². The zero-order valence-corrected chi connectivity index (χ0v) is 11.1. The van der Waals surface area contributed by atoms with Gasteiger partial charge in [-0.05, 0) is 37.8 Å². The summed E-state index contributed by atoms with van der Waals surface area (Å²) in [7, 11) is 0. The first kappa shape index (κ1) is 13.8. The Labute approximate surface area is 106 Å². The van der Waals surface area contributed by atoms with Gasteiger partial charge in [-0.1, -0.05) is 12.1 Å². The Morgan fingerprint density at radius 3 is 2.35 bits per heavy atom. The van der Waals surface area contributed by atoms with Gasteiger partial charge in [-0.3, -0.25) is 9.59 Å². The molecule has 1 aromatic carbocycles. The molecule has 0 aromatic heterocycles. The van der Waals surface area contributed by atoms with Crippen LogP contribution in [0.3, 0.4) is 0 Å². The smallest absolute Gasteiger partial charge is 0.227 e. The van der Waals surface area contributed by atoms with Gasteiger partial charge in [0.05, 0.1) is 12.5 Å². The number of carbonyl (C=O) groups excluding carboxylic acids is 2. The Kier molecular flexibility index (Phi) is 5.22. The molecule has 0 saturated carbocycles. The van der Waals surface area contributed by atoms with Gasteiger partial charge >= 0.3 is 0 Å². The molecule has 0 radical (unpaired) electrons. The standard InChI is InChI=1S/C13H17NO2S/c1-9(15)8-13(16)14-10(2)11-4-6-12(17-3)7-5-11/h4-7,10H,8H2,1-3H3,(H,14,16). The molecule has 1 amide bonds. The zero-order valence-electron chi connectivity index (χ0n) is 10.3. The predicted octanol–water partition coefficient (Wildman–Crippen LogP) is 2.56. The summed E-state index contributed by atoms with van der Waals surface area (Å²) >= 11 is 1.68. The molecule has 0 aliphatic carbocycles. The molecule has 4 heteroatoms.